The number of carbonyl (C=O) groups excluding carboxylic acids is 1. The molecular weight excluding hydrogens is 358 g/mol. The van der Waals surface area contributed by atoms with Crippen molar-refractivity contribution in [2.75, 3.05) is 16.8 Å². The third-order valence-corrected chi connectivity index (χ3v) is 5.77. The van der Waals surface area contributed by atoms with Gasteiger partial charge in [-0.05, 0) is 49.2 Å². The normalized spacial score (nSPS) is 12.9. The predicted molar refractivity (Wildman–Crippen MR) is 110 cm³/mol. The molecule has 4 rings (SSSR count). The van der Waals surface area contributed by atoms with E-state index in [1.165, 1.54) is 22.6 Å². The number of rotatable bonds is 5. The van der Waals surface area contributed by atoms with Gasteiger partial charge in [-0.1, -0.05) is 29.5 Å². The molecule has 0 atom stereocenters. The Morgan fingerprint density at radius 2 is 1.93 bits per heavy atom. The van der Waals surface area contributed by atoms with Crippen molar-refractivity contribution in [3.8, 4) is 0 Å². The molecule has 0 saturated heterocycles. The molecule has 3 aromatic rings. The molecule has 0 radical (unpaired) electrons. The first-order valence-corrected chi connectivity index (χ1v) is 9.90. The second kappa shape index (κ2) is 7.40. The Labute approximate surface area is 161 Å². The number of amides is 1. The first-order valence-electron chi connectivity index (χ1n) is 9.02. The van der Waals surface area contributed by atoms with Crippen LogP contribution in [0.1, 0.15) is 17.7 Å². The molecule has 1 N–H and O–H groups in total. The minimum Gasteiger partial charge on any atom is -0.341 e. The average molecular weight is 379 g/mol. The van der Waals surface area contributed by atoms with E-state index in [4.69, 9.17) is 0 Å². The van der Waals surface area contributed by atoms with Crippen molar-refractivity contribution in [3.05, 3.63) is 74.8 Å². The zero-order valence-corrected chi connectivity index (χ0v) is 16.0. The number of nitrogens with one attached hydrogen (secondary N) is 1. The Bertz CT molecular complexity index is 1020. The summed E-state index contributed by atoms with van der Waals surface area (Å²) >= 11 is 1.17. The number of benzene rings is 2. The molecule has 0 unspecified atom stereocenters. The summed E-state index contributed by atoms with van der Waals surface area (Å²) < 4.78 is 1.64. The highest BCUT2D eigenvalue weighted by Gasteiger charge is 2.19. The molecule has 2 aromatic carbocycles. The zero-order valence-electron chi connectivity index (χ0n) is 15.1. The molecule has 0 spiro atoms. The van der Waals surface area contributed by atoms with Crippen LogP contribution in [0, 0.1) is 6.92 Å². The molecular formula is C21H21N3O2S. The first kappa shape index (κ1) is 17.5. The van der Waals surface area contributed by atoms with Gasteiger partial charge in [0.25, 0.3) is 0 Å². The number of thiazole rings is 1. The summed E-state index contributed by atoms with van der Waals surface area (Å²) in [6.07, 6.45) is 1.33. The van der Waals surface area contributed by atoms with Crippen LogP contribution in [0.25, 0.3) is 0 Å². The largest absolute Gasteiger partial charge is 0.341 e. The summed E-state index contributed by atoms with van der Waals surface area (Å²) in [7, 11) is 0. The van der Waals surface area contributed by atoms with Crippen LogP contribution in [0.5, 0.6) is 0 Å². The maximum absolute atomic E-state index is 12.2. The van der Waals surface area contributed by atoms with Gasteiger partial charge in [0.2, 0.25) is 5.91 Å². The molecule has 0 saturated carbocycles. The van der Waals surface area contributed by atoms with Gasteiger partial charge < -0.3 is 14.8 Å². The Balaban J connectivity index is 1.38. The molecule has 1 aliphatic rings. The summed E-state index contributed by atoms with van der Waals surface area (Å²) in [4.78, 5) is 26.2. The van der Waals surface area contributed by atoms with E-state index in [9.17, 15) is 9.59 Å². The van der Waals surface area contributed by atoms with Gasteiger partial charge in [-0.25, -0.2) is 0 Å². The molecule has 2 heterocycles. The number of fused-ring (bicyclic) bond motifs is 1. The predicted octanol–water partition coefficient (Wildman–Crippen LogP) is 3.94. The van der Waals surface area contributed by atoms with Crippen molar-refractivity contribution in [3.63, 3.8) is 0 Å². The van der Waals surface area contributed by atoms with Crippen LogP contribution in [0.4, 0.5) is 17.1 Å². The second-order valence-electron chi connectivity index (χ2n) is 6.67. The number of aromatic nitrogens is 1. The molecule has 138 valence electrons. The van der Waals surface area contributed by atoms with E-state index in [1.807, 2.05) is 36.6 Å². The summed E-state index contributed by atoms with van der Waals surface area (Å²) in [5.74, 6) is -0.0910. The van der Waals surface area contributed by atoms with Gasteiger partial charge in [-0.3, -0.25) is 9.59 Å². The highest BCUT2D eigenvalue weighted by Crippen LogP contribution is 2.34. The van der Waals surface area contributed by atoms with Crippen LogP contribution >= 0.6 is 11.3 Å². The van der Waals surface area contributed by atoms with Crippen LogP contribution in [0.15, 0.2) is 58.7 Å². The fraction of sp³-hybridized carbons (Fsp3) is 0.238. The zero-order chi connectivity index (χ0) is 18.8. The summed E-state index contributed by atoms with van der Waals surface area (Å²) in [6, 6.07) is 16.4. The number of aryl methyl sites for hydroxylation is 1. The minimum absolute atomic E-state index is 0.0180. The van der Waals surface area contributed by atoms with E-state index in [0.717, 1.165) is 30.0 Å². The lowest BCUT2D eigenvalue weighted by atomic mass is 10.2. The fourth-order valence-corrected chi connectivity index (χ4v) is 4.20. The van der Waals surface area contributed by atoms with E-state index < -0.39 is 0 Å². The SMILES string of the molecule is Cc1csc(=O)n1CCC(=O)Nc1ccc(N2CCc3ccccc32)cc1. The minimum atomic E-state index is -0.0910. The molecule has 1 amide bonds. The van der Waals surface area contributed by atoms with Gasteiger partial charge in [0.1, 0.15) is 0 Å². The van der Waals surface area contributed by atoms with Crippen molar-refractivity contribution in [2.24, 2.45) is 0 Å². The quantitative estimate of drug-likeness (QED) is 0.730. The lowest BCUT2D eigenvalue weighted by Crippen LogP contribution is -2.20. The highest BCUT2D eigenvalue weighted by atomic mass is 32.1. The topological polar surface area (TPSA) is 54.3 Å². The van der Waals surface area contributed by atoms with Gasteiger partial charge in [0, 0.05) is 47.6 Å². The van der Waals surface area contributed by atoms with Crippen molar-refractivity contribution in [1.82, 2.24) is 4.57 Å². The number of anilines is 3. The monoisotopic (exact) mass is 379 g/mol. The summed E-state index contributed by atoms with van der Waals surface area (Å²) in [5, 5.41) is 4.73. The number of nitrogens with zero attached hydrogens (tertiary/aromatic N) is 2. The van der Waals surface area contributed by atoms with Crippen LogP contribution in [-0.2, 0) is 17.8 Å². The van der Waals surface area contributed by atoms with Crippen LogP contribution in [0.2, 0.25) is 0 Å². The third-order valence-electron chi connectivity index (χ3n) is 4.89. The molecule has 0 aliphatic carbocycles. The van der Waals surface area contributed by atoms with E-state index >= 15 is 0 Å². The summed E-state index contributed by atoms with van der Waals surface area (Å²) in [6.45, 7) is 3.26. The number of hydrogen-bond donors (Lipinski definition) is 1. The van der Waals surface area contributed by atoms with E-state index in [0.29, 0.717) is 6.54 Å². The van der Waals surface area contributed by atoms with Crippen LogP contribution in [-0.4, -0.2) is 17.0 Å². The van der Waals surface area contributed by atoms with Gasteiger partial charge >= 0.3 is 4.87 Å². The maximum atomic E-state index is 12.2. The molecule has 6 heteroatoms. The second-order valence-corrected chi connectivity index (χ2v) is 7.49. The lowest BCUT2D eigenvalue weighted by Gasteiger charge is -2.20. The molecule has 27 heavy (non-hydrogen) atoms. The van der Waals surface area contributed by atoms with E-state index in [-0.39, 0.29) is 17.2 Å². The van der Waals surface area contributed by atoms with Gasteiger partial charge in [0.05, 0.1) is 0 Å². The highest BCUT2D eigenvalue weighted by molar-refractivity contribution is 7.07. The van der Waals surface area contributed by atoms with E-state index in [1.54, 1.807) is 4.57 Å². The summed E-state index contributed by atoms with van der Waals surface area (Å²) in [5.41, 5.74) is 5.41. The Hall–Kier alpha value is -2.86. The fourth-order valence-electron chi connectivity index (χ4n) is 3.44. The van der Waals surface area contributed by atoms with Crippen molar-refractivity contribution in [2.45, 2.75) is 26.3 Å². The van der Waals surface area contributed by atoms with Crippen molar-refractivity contribution >= 4 is 34.3 Å². The molecule has 0 bridgehead atoms. The molecule has 5 nitrogen and oxygen atoms in total. The molecule has 1 aliphatic heterocycles. The van der Waals surface area contributed by atoms with Crippen molar-refractivity contribution in [1.29, 1.82) is 0 Å². The molecule has 1 aromatic heterocycles. The van der Waals surface area contributed by atoms with Crippen LogP contribution < -0.4 is 15.1 Å². The smallest absolute Gasteiger partial charge is 0.307 e. The Morgan fingerprint density at radius 1 is 1.15 bits per heavy atom. The van der Waals surface area contributed by atoms with Gasteiger partial charge in [-0.15, -0.1) is 0 Å². The Morgan fingerprint density at radius 3 is 2.67 bits per heavy atom. The number of hydrogen-bond acceptors (Lipinski definition) is 4. The van der Waals surface area contributed by atoms with Gasteiger partial charge in [0.15, 0.2) is 0 Å². The van der Waals surface area contributed by atoms with Crippen LogP contribution in [0.3, 0.4) is 0 Å². The Kier molecular flexibility index (Phi) is 4.81. The van der Waals surface area contributed by atoms with Crippen molar-refractivity contribution < 1.29 is 4.79 Å². The third kappa shape index (κ3) is 3.66. The molecule has 0 fully saturated rings. The average Bonchev–Trinajstić information content (AvgIpc) is 3.24. The number of para-hydroxylation sites is 1. The first-order chi connectivity index (χ1) is 13.1. The van der Waals surface area contributed by atoms with Gasteiger partial charge in [-0.2, -0.15) is 0 Å². The maximum Gasteiger partial charge on any atom is 0.307 e. The standard InChI is InChI=1S/C21H21N3O2S/c1-15-14-27-21(26)23(15)13-11-20(25)22-17-6-8-18(9-7-17)24-12-10-16-4-2-3-5-19(16)24/h2-9,14H,10-13H2,1H3,(H,22,25). The lowest BCUT2D eigenvalue weighted by molar-refractivity contribution is -0.116. The number of carbonyl (C=O) groups is 1. The van der Waals surface area contributed by atoms with E-state index in [2.05, 4.69) is 34.5 Å².